The third-order valence-corrected chi connectivity index (χ3v) is 2.07. The molecule has 11 heavy (non-hydrogen) atoms. The molecule has 2 N–H and O–H groups in total. The average molecular weight is 156 g/mol. The summed E-state index contributed by atoms with van der Waals surface area (Å²) in [6.07, 6.45) is 1.02. The van der Waals surface area contributed by atoms with E-state index in [4.69, 9.17) is 0 Å². The number of hydrogen-bond acceptors (Lipinski definition) is 1. The van der Waals surface area contributed by atoms with Gasteiger partial charge in [0.1, 0.15) is 0 Å². The SMILES string of the molecule is CC(C)(C)C1CCNC(=O)N1. The monoisotopic (exact) mass is 156 g/mol. The first-order chi connectivity index (χ1) is 5.00. The summed E-state index contributed by atoms with van der Waals surface area (Å²) in [6.45, 7) is 7.23. The maximum Gasteiger partial charge on any atom is 0.315 e. The summed E-state index contributed by atoms with van der Waals surface area (Å²) in [5.74, 6) is 0. The Morgan fingerprint density at radius 3 is 2.45 bits per heavy atom. The van der Waals surface area contributed by atoms with Crippen molar-refractivity contribution in [2.75, 3.05) is 6.54 Å². The third kappa shape index (κ3) is 2.10. The van der Waals surface area contributed by atoms with Gasteiger partial charge in [0.15, 0.2) is 0 Å². The van der Waals surface area contributed by atoms with Gasteiger partial charge < -0.3 is 10.6 Å². The molecule has 64 valence electrons. The summed E-state index contributed by atoms with van der Waals surface area (Å²) >= 11 is 0. The first-order valence-electron chi connectivity index (χ1n) is 4.04. The molecule has 0 aromatic rings. The van der Waals surface area contributed by atoms with Gasteiger partial charge in [-0.1, -0.05) is 20.8 Å². The van der Waals surface area contributed by atoms with Gasteiger partial charge in [-0.15, -0.1) is 0 Å². The zero-order valence-electron chi connectivity index (χ0n) is 7.40. The van der Waals surface area contributed by atoms with Crippen LogP contribution in [0.4, 0.5) is 4.79 Å². The molecule has 0 aromatic heterocycles. The van der Waals surface area contributed by atoms with Crippen LogP contribution in [0.3, 0.4) is 0 Å². The molecule has 0 saturated carbocycles. The Morgan fingerprint density at radius 2 is 2.09 bits per heavy atom. The number of hydrogen-bond donors (Lipinski definition) is 2. The summed E-state index contributed by atoms with van der Waals surface area (Å²) in [6, 6.07) is 0.285. The van der Waals surface area contributed by atoms with Gasteiger partial charge in [0.2, 0.25) is 0 Å². The summed E-state index contributed by atoms with van der Waals surface area (Å²) in [7, 11) is 0. The van der Waals surface area contributed by atoms with Crippen LogP contribution < -0.4 is 10.6 Å². The molecule has 1 atom stereocenters. The second kappa shape index (κ2) is 2.72. The van der Waals surface area contributed by atoms with Crippen molar-refractivity contribution in [3.63, 3.8) is 0 Å². The normalized spacial score (nSPS) is 25.7. The second-order valence-corrected chi connectivity index (χ2v) is 4.11. The molecule has 1 fully saturated rings. The molecule has 1 aliphatic rings. The quantitative estimate of drug-likeness (QED) is 0.542. The van der Waals surface area contributed by atoms with Crippen molar-refractivity contribution in [2.24, 2.45) is 5.41 Å². The minimum atomic E-state index is -0.0313. The van der Waals surface area contributed by atoms with Crippen LogP contribution in [-0.4, -0.2) is 18.6 Å². The van der Waals surface area contributed by atoms with Crippen LogP contribution in [0.2, 0.25) is 0 Å². The lowest BCUT2D eigenvalue weighted by atomic mass is 9.84. The van der Waals surface area contributed by atoms with E-state index in [1.807, 2.05) is 0 Å². The average Bonchev–Trinajstić information content (AvgIpc) is 1.86. The second-order valence-electron chi connectivity index (χ2n) is 4.11. The zero-order chi connectivity index (χ0) is 8.48. The molecule has 0 aromatic carbocycles. The van der Waals surface area contributed by atoms with E-state index in [1.165, 1.54) is 0 Å². The van der Waals surface area contributed by atoms with Crippen LogP contribution in [0.1, 0.15) is 27.2 Å². The van der Waals surface area contributed by atoms with Crippen LogP contribution in [0, 0.1) is 5.41 Å². The van der Waals surface area contributed by atoms with Crippen molar-refractivity contribution < 1.29 is 4.79 Å². The van der Waals surface area contributed by atoms with Gasteiger partial charge >= 0.3 is 6.03 Å². The first-order valence-corrected chi connectivity index (χ1v) is 4.04. The minimum Gasteiger partial charge on any atom is -0.338 e. The van der Waals surface area contributed by atoms with Gasteiger partial charge in [-0.25, -0.2) is 4.79 Å². The number of urea groups is 1. The van der Waals surface area contributed by atoms with Gasteiger partial charge in [-0.3, -0.25) is 0 Å². The number of carbonyl (C=O) groups is 1. The van der Waals surface area contributed by atoms with E-state index >= 15 is 0 Å². The van der Waals surface area contributed by atoms with E-state index in [1.54, 1.807) is 0 Å². The van der Waals surface area contributed by atoms with Crippen LogP contribution in [-0.2, 0) is 0 Å². The topological polar surface area (TPSA) is 41.1 Å². The van der Waals surface area contributed by atoms with E-state index in [0.29, 0.717) is 6.04 Å². The van der Waals surface area contributed by atoms with Crippen molar-refractivity contribution in [3.8, 4) is 0 Å². The fourth-order valence-electron chi connectivity index (χ4n) is 1.26. The van der Waals surface area contributed by atoms with Gasteiger partial charge in [-0.2, -0.15) is 0 Å². The van der Waals surface area contributed by atoms with Crippen LogP contribution in [0.25, 0.3) is 0 Å². The van der Waals surface area contributed by atoms with Crippen molar-refractivity contribution in [3.05, 3.63) is 0 Å². The highest BCUT2D eigenvalue weighted by atomic mass is 16.2. The third-order valence-electron chi connectivity index (χ3n) is 2.07. The van der Waals surface area contributed by atoms with Crippen molar-refractivity contribution >= 4 is 6.03 Å². The smallest absolute Gasteiger partial charge is 0.315 e. The molecule has 1 aliphatic heterocycles. The van der Waals surface area contributed by atoms with Gasteiger partial charge in [0, 0.05) is 12.6 Å². The maximum atomic E-state index is 10.9. The molecule has 0 spiro atoms. The highest BCUT2D eigenvalue weighted by Crippen LogP contribution is 2.22. The standard InChI is InChI=1S/C8H16N2O/c1-8(2,3)6-4-5-9-7(11)10-6/h6H,4-5H2,1-3H3,(H2,9,10,11). The fourth-order valence-corrected chi connectivity index (χ4v) is 1.26. The van der Waals surface area contributed by atoms with Crippen molar-refractivity contribution in [1.82, 2.24) is 10.6 Å². The summed E-state index contributed by atoms with van der Waals surface area (Å²) < 4.78 is 0. The number of nitrogens with one attached hydrogen (secondary N) is 2. The minimum absolute atomic E-state index is 0.0313. The van der Waals surface area contributed by atoms with Gasteiger partial charge in [0.25, 0.3) is 0 Å². The highest BCUT2D eigenvalue weighted by Gasteiger charge is 2.28. The Labute approximate surface area is 67.5 Å². The van der Waals surface area contributed by atoms with Crippen molar-refractivity contribution in [2.45, 2.75) is 33.2 Å². The number of carbonyl (C=O) groups excluding carboxylic acids is 1. The van der Waals surface area contributed by atoms with Crippen LogP contribution in [0.5, 0.6) is 0 Å². The molecule has 1 saturated heterocycles. The first kappa shape index (κ1) is 8.37. The molecule has 3 nitrogen and oxygen atoms in total. The summed E-state index contributed by atoms with van der Waals surface area (Å²) in [5.41, 5.74) is 0.178. The zero-order valence-corrected chi connectivity index (χ0v) is 7.40. The Morgan fingerprint density at radius 1 is 1.45 bits per heavy atom. The van der Waals surface area contributed by atoms with E-state index < -0.39 is 0 Å². The maximum absolute atomic E-state index is 10.9. The van der Waals surface area contributed by atoms with Crippen LogP contribution >= 0.6 is 0 Å². The lowest BCUT2D eigenvalue weighted by molar-refractivity contribution is 0.199. The fraction of sp³-hybridized carbons (Fsp3) is 0.875. The molecular weight excluding hydrogens is 140 g/mol. The van der Waals surface area contributed by atoms with E-state index in [-0.39, 0.29) is 11.4 Å². The Balaban J connectivity index is 2.53. The van der Waals surface area contributed by atoms with Gasteiger partial charge in [0.05, 0.1) is 0 Å². The Hall–Kier alpha value is -0.730. The number of amides is 2. The molecular formula is C8H16N2O. The Kier molecular flexibility index (Phi) is 2.07. The Bertz CT molecular complexity index is 160. The molecule has 0 radical (unpaired) electrons. The molecule has 2 amide bonds. The van der Waals surface area contributed by atoms with Gasteiger partial charge in [-0.05, 0) is 11.8 Å². The lowest BCUT2D eigenvalue weighted by Gasteiger charge is -2.34. The predicted molar refractivity (Wildman–Crippen MR) is 44.4 cm³/mol. The van der Waals surface area contributed by atoms with E-state index in [2.05, 4.69) is 31.4 Å². The molecule has 0 bridgehead atoms. The molecule has 1 unspecified atom stereocenters. The molecule has 0 aliphatic carbocycles. The number of rotatable bonds is 0. The summed E-state index contributed by atoms with van der Waals surface area (Å²) in [5, 5.41) is 5.64. The summed E-state index contributed by atoms with van der Waals surface area (Å²) in [4.78, 5) is 10.9. The molecule has 1 rings (SSSR count). The lowest BCUT2D eigenvalue weighted by Crippen LogP contribution is -2.54. The molecule has 1 heterocycles. The predicted octanol–water partition coefficient (Wildman–Crippen LogP) is 1.10. The van der Waals surface area contributed by atoms with Crippen molar-refractivity contribution in [1.29, 1.82) is 0 Å². The highest BCUT2D eigenvalue weighted by molar-refractivity contribution is 5.75. The van der Waals surface area contributed by atoms with Crippen LogP contribution in [0.15, 0.2) is 0 Å². The van der Waals surface area contributed by atoms with E-state index in [0.717, 1.165) is 13.0 Å². The van der Waals surface area contributed by atoms with E-state index in [9.17, 15) is 4.79 Å². The largest absolute Gasteiger partial charge is 0.338 e. The molecule has 3 heteroatoms.